The quantitative estimate of drug-likeness (QED) is 0.887. The van der Waals surface area contributed by atoms with E-state index in [1.165, 1.54) is 11.1 Å². The Morgan fingerprint density at radius 3 is 2.38 bits per heavy atom. The van der Waals surface area contributed by atoms with Gasteiger partial charge in [-0.3, -0.25) is 0 Å². The van der Waals surface area contributed by atoms with Crippen molar-refractivity contribution in [3.63, 3.8) is 0 Å². The molecule has 0 spiro atoms. The van der Waals surface area contributed by atoms with Crippen LogP contribution >= 0.6 is 0 Å². The molecule has 0 unspecified atom stereocenters. The van der Waals surface area contributed by atoms with Crippen LogP contribution < -0.4 is 10.1 Å². The van der Waals surface area contributed by atoms with Crippen molar-refractivity contribution in [1.29, 1.82) is 0 Å². The predicted octanol–water partition coefficient (Wildman–Crippen LogP) is 4.36. The van der Waals surface area contributed by atoms with Gasteiger partial charge in [-0.2, -0.15) is 0 Å². The highest BCUT2D eigenvalue weighted by molar-refractivity contribution is 5.27. The molecule has 2 rings (SSSR count). The third-order valence-corrected chi connectivity index (χ3v) is 3.28. The Bertz CT molecular complexity index is 576. The molecule has 0 saturated carbocycles. The van der Waals surface area contributed by atoms with Crippen LogP contribution in [0.4, 0.5) is 0 Å². The third-order valence-electron chi connectivity index (χ3n) is 3.28. The maximum Gasteiger partial charge on any atom is 0.146 e. The van der Waals surface area contributed by atoms with E-state index in [0.29, 0.717) is 6.61 Å². The van der Waals surface area contributed by atoms with Gasteiger partial charge in [0.15, 0.2) is 0 Å². The lowest BCUT2D eigenvalue weighted by molar-refractivity contribution is 0.267. The zero-order valence-electron chi connectivity index (χ0n) is 13.6. The predicted molar refractivity (Wildman–Crippen MR) is 85.5 cm³/mol. The minimum Gasteiger partial charge on any atom is -0.486 e. The van der Waals surface area contributed by atoms with Gasteiger partial charge in [0.1, 0.15) is 23.9 Å². The summed E-state index contributed by atoms with van der Waals surface area (Å²) in [4.78, 5) is 0. The molecular formula is C18H25NO2. The van der Waals surface area contributed by atoms with E-state index in [1.807, 2.05) is 31.2 Å². The van der Waals surface area contributed by atoms with Crippen molar-refractivity contribution in [2.24, 2.45) is 0 Å². The maximum atomic E-state index is 5.76. The molecule has 114 valence electrons. The van der Waals surface area contributed by atoms with Gasteiger partial charge in [-0.15, -0.1) is 0 Å². The number of ether oxygens (including phenoxy) is 1. The van der Waals surface area contributed by atoms with Crippen LogP contribution in [0.5, 0.6) is 5.75 Å². The normalized spacial score (nSPS) is 11.7. The van der Waals surface area contributed by atoms with E-state index in [2.05, 4.69) is 39.1 Å². The number of hydrogen-bond acceptors (Lipinski definition) is 3. The smallest absolute Gasteiger partial charge is 0.146 e. The first-order chi connectivity index (χ1) is 9.83. The van der Waals surface area contributed by atoms with Crippen molar-refractivity contribution in [1.82, 2.24) is 5.32 Å². The Morgan fingerprint density at radius 1 is 1.10 bits per heavy atom. The first-order valence-electron chi connectivity index (χ1n) is 7.36. The molecule has 0 aliphatic carbocycles. The average Bonchev–Trinajstić information content (AvgIpc) is 2.76. The fourth-order valence-corrected chi connectivity index (χ4v) is 1.98. The lowest BCUT2D eigenvalue weighted by Gasteiger charge is -2.20. The van der Waals surface area contributed by atoms with E-state index in [4.69, 9.17) is 9.15 Å². The van der Waals surface area contributed by atoms with Crippen LogP contribution in [0.25, 0.3) is 0 Å². The Morgan fingerprint density at radius 2 is 1.76 bits per heavy atom. The van der Waals surface area contributed by atoms with E-state index in [9.17, 15) is 0 Å². The second-order valence-corrected chi connectivity index (χ2v) is 6.50. The molecule has 0 aliphatic rings. The molecule has 0 fully saturated rings. The molecule has 21 heavy (non-hydrogen) atoms. The summed E-state index contributed by atoms with van der Waals surface area (Å²) in [5, 5.41) is 3.47. The zero-order chi connectivity index (χ0) is 15.5. The Balaban J connectivity index is 1.94. The zero-order valence-corrected chi connectivity index (χ0v) is 13.6. The molecule has 3 nitrogen and oxygen atoms in total. The lowest BCUT2D eigenvalue weighted by atomic mass is 10.1. The van der Waals surface area contributed by atoms with Gasteiger partial charge >= 0.3 is 0 Å². The molecule has 0 aliphatic heterocycles. The van der Waals surface area contributed by atoms with E-state index in [0.717, 1.165) is 23.8 Å². The molecule has 1 aromatic heterocycles. The minimum atomic E-state index is 0.0995. The Kier molecular flexibility index (Phi) is 4.73. The summed E-state index contributed by atoms with van der Waals surface area (Å²) in [5.41, 5.74) is 2.52. The molecule has 3 heteroatoms. The summed E-state index contributed by atoms with van der Waals surface area (Å²) >= 11 is 0. The Labute approximate surface area is 127 Å². The summed E-state index contributed by atoms with van der Waals surface area (Å²) in [6.07, 6.45) is 0. The van der Waals surface area contributed by atoms with Crippen LogP contribution in [-0.4, -0.2) is 5.54 Å². The number of nitrogens with one attached hydrogen (secondary N) is 1. The highest BCUT2D eigenvalue weighted by Gasteiger charge is 2.12. The van der Waals surface area contributed by atoms with Crippen molar-refractivity contribution in [2.45, 2.75) is 53.3 Å². The van der Waals surface area contributed by atoms with Crippen molar-refractivity contribution < 1.29 is 9.15 Å². The van der Waals surface area contributed by atoms with E-state index in [1.54, 1.807) is 0 Å². The standard InChI is InChI=1S/C18H25NO2/c1-13-6-8-16(9-7-13)20-12-17-10-15(14(2)21-17)11-19-18(3,4)5/h6-10,19H,11-12H2,1-5H3. The SMILES string of the molecule is Cc1ccc(OCc2cc(CNC(C)(C)C)c(C)o2)cc1. The summed E-state index contributed by atoms with van der Waals surface area (Å²) in [6, 6.07) is 10.1. The maximum absolute atomic E-state index is 5.76. The van der Waals surface area contributed by atoms with Crippen LogP contribution in [0.15, 0.2) is 34.7 Å². The van der Waals surface area contributed by atoms with Crippen molar-refractivity contribution >= 4 is 0 Å². The highest BCUT2D eigenvalue weighted by atomic mass is 16.5. The summed E-state index contributed by atoms with van der Waals surface area (Å²) in [7, 11) is 0. The topological polar surface area (TPSA) is 34.4 Å². The molecule has 0 radical (unpaired) electrons. The average molecular weight is 287 g/mol. The van der Waals surface area contributed by atoms with E-state index in [-0.39, 0.29) is 5.54 Å². The number of benzene rings is 1. The number of aryl methyl sites for hydroxylation is 2. The number of rotatable bonds is 5. The fraction of sp³-hybridized carbons (Fsp3) is 0.444. The summed E-state index contributed by atoms with van der Waals surface area (Å²) < 4.78 is 11.5. The first-order valence-corrected chi connectivity index (χ1v) is 7.36. The molecule has 0 saturated heterocycles. The molecule has 0 bridgehead atoms. The summed E-state index contributed by atoms with van der Waals surface area (Å²) in [5.74, 6) is 2.68. The van der Waals surface area contributed by atoms with Gasteiger partial charge in [0.05, 0.1) is 0 Å². The Hall–Kier alpha value is -1.74. The first kappa shape index (κ1) is 15.6. The number of furan rings is 1. The lowest BCUT2D eigenvalue weighted by Crippen LogP contribution is -2.35. The molecule has 1 heterocycles. The largest absolute Gasteiger partial charge is 0.486 e. The molecule has 2 aromatic rings. The summed E-state index contributed by atoms with van der Waals surface area (Å²) in [6.45, 7) is 11.8. The molecule has 1 N–H and O–H groups in total. The molecular weight excluding hydrogens is 262 g/mol. The van der Waals surface area contributed by atoms with Gasteiger partial charge in [0.25, 0.3) is 0 Å². The minimum absolute atomic E-state index is 0.0995. The van der Waals surface area contributed by atoms with Gasteiger partial charge < -0.3 is 14.5 Å². The van der Waals surface area contributed by atoms with Crippen molar-refractivity contribution in [3.05, 3.63) is 53.0 Å². The molecule has 1 aromatic carbocycles. The van der Waals surface area contributed by atoms with Crippen LogP contribution in [0.1, 0.15) is 43.4 Å². The fourth-order valence-electron chi connectivity index (χ4n) is 1.98. The van der Waals surface area contributed by atoms with Gasteiger partial charge in [-0.05, 0) is 52.8 Å². The van der Waals surface area contributed by atoms with Gasteiger partial charge in [0, 0.05) is 17.6 Å². The monoisotopic (exact) mass is 287 g/mol. The van der Waals surface area contributed by atoms with Gasteiger partial charge in [-0.1, -0.05) is 17.7 Å². The van der Waals surface area contributed by atoms with Crippen LogP contribution in [0.2, 0.25) is 0 Å². The van der Waals surface area contributed by atoms with E-state index < -0.39 is 0 Å². The highest BCUT2D eigenvalue weighted by Crippen LogP contribution is 2.18. The van der Waals surface area contributed by atoms with Gasteiger partial charge in [0.2, 0.25) is 0 Å². The number of hydrogen-bond donors (Lipinski definition) is 1. The van der Waals surface area contributed by atoms with Crippen LogP contribution in [0.3, 0.4) is 0 Å². The second kappa shape index (κ2) is 6.35. The second-order valence-electron chi connectivity index (χ2n) is 6.50. The van der Waals surface area contributed by atoms with Crippen LogP contribution in [0, 0.1) is 13.8 Å². The van der Waals surface area contributed by atoms with Crippen molar-refractivity contribution in [3.8, 4) is 5.75 Å². The van der Waals surface area contributed by atoms with Gasteiger partial charge in [-0.25, -0.2) is 0 Å². The molecule has 0 amide bonds. The van der Waals surface area contributed by atoms with Crippen LogP contribution in [-0.2, 0) is 13.2 Å². The van der Waals surface area contributed by atoms with E-state index >= 15 is 0 Å². The van der Waals surface area contributed by atoms with Crippen molar-refractivity contribution in [2.75, 3.05) is 0 Å². The molecule has 0 atom stereocenters. The third kappa shape index (κ3) is 4.94.